The zero-order valence-corrected chi connectivity index (χ0v) is 12.4. The van der Waals surface area contributed by atoms with Gasteiger partial charge in [0.1, 0.15) is 0 Å². The van der Waals surface area contributed by atoms with Gasteiger partial charge in [-0.3, -0.25) is 14.5 Å². The number of benzene rings is 1. The maximum absolute atomic E-state index is 12.2. The van der Waals surface area contributed by atoms with Crippen molar-refractivity contribution in [3.63, 3.8) is 0 Å². The fourth-order valence-electron chi connectivity index (χ4n) is 2.27. The molecule has 2 N–H and O–H groups in total. The van der Waals surface area contributed by atoms with Crippen molar-refractivity contribution in [2.24, 2.45) is 0 Å². The van der Waals surface area contributed by atoms with Crippen LogP contribution in [0.1, 0.15) is 27.1 Å². The molecule has 112 valence electrons. The molecule has 7 heteroatoms. The Morgan fingerprint density at radius 3 is 2.33 bits per heavy atom. The average Bonchev–Trinajstić information content (AvgIpc) is 2.70. The highest BCUT2D eigenvalue weighted by Gasteiger charge is 2.36. The molecule has 6 nitrogen and oxygen atoms in total. The van der Waals surface area contributed by atoms with E-state index in [0.29, 0.717) is 17.5 Å². The molecule has 0 aromatic heterocycles. The van der Waals surface area contributed by atoms with Crippen molar-refractivity contribution in [1.82, 2.24) is 10.2 Å². The summed E-state index contributed by atoms with van der Waals surface area (Å²) in [5, 5.41) is 11.2. The molecular weight excluding hydrogens is 292 g/mol. The smallest absolute Gasteiger partial charge is 0.404 e. The van der Waals surface area contributed by atoms with Crippen LogP contribution >= 0.6 is 11.8 Å². The maximum Gasteiger partial charge on any atom is 0.404 e. The Labute approximate surface area is 126 Å². The van der Waals surface area contributed by atoms with Gasteiger partial charge in [0.25, 0.3) is 11.8 Å². The Balaban J connectivity index is 2.13. The van der Waals surface area contributed by atoms with Crippen LogP contribution in [0.15, 0.2) is 24.3 Å². The first-order valence-corrected chi connectivity index (χ1v) is 7.87. The van der Waals surface area contributed by atoms with Gasteiger partial charge in [-0.2, -0.15) is 11.8 Å². The lowest BCUT2D eigenvalue weighted by molar-refractivity contribution is 0.0635. The van der Waals surface area contributed by atoms with Crippen LogP contribution in [0.2, 0.25) is 0 Å². The Bertz CT molecular complexity index is 541. The minimum Gasteiger partial charge on any atom is -0.465 e. The molecule has 3 amide bonds. The Morgan fingerprint density at radius 1 is 1.29 bits per heavy atom. The largest absolute Gasteiger partial charge is 0.465 e. The van der Waals surface area contributed by atoms with Gasteiger partial charge in [-0.1, -0.05) is 12.1 Å². The Kier molecular flexibility index (Phi) is 4.85. The molecule has 0 spiro atoms. The number of nitrogens with one attached hydrogen (secondary N) is 1. The maximum atomic E-state index is 12.2. The number of carboxylic acid groups (broad SMARTS) is 1. The van der Waals surface area contributed by atoms with E-state index < -0.39 is 12.1 Å². The lowest BCUT2D eigenvalue weighted by Gasteiger charge is -2.22. The number of rotatable bonds is 6. The van der Waals surface area contributed by atoms with E-state index in [2.05, 4.69) is 5.32 Å². The molecule has 1 atom stereocenters. The summed E-state index contributed by atoms with van der Waals surface area (Å²) in [5.74, 6) is 0.0163. The Morgan fingerprint density at radius 2 is 1.86 bits per heavy atom. The van der Waals surface area contributed by atoms with Gasteiger partial charge in [0.15, 0.2) is 0 Å². The summed E-state index contributed by atoms with van der Waals surface area (Å²) in [6.07, 6.45) is 1.32. The molecule has 2 rings (SSSR count). The van der Waals surface area contributed by atoms with E-state index in [1.54, 1.807) is 36.0 Å². The predicted octanol–water partition coefficient (Wildman–Crippen LogP) is 1.67. The first-order valence-electron chi connectivity index (χ1n) is 6.48. The number of imide groups is 1. The van der Waals surface area contributed by atoms with Crippen molar-refractivity contribution in [3.8, 4) is 0 Å². The second kappa shape index (κ2) is 6.62. The number of nitrogens with zero attached hydrogens (tertiary/aromatic N) is 1. The molecule has 0 saturated carbocycles. The normalized spacial score (nSPS) is 15.0. The van der Waals surface area contributed by atoms with E-state index in [1.807, 2.05) is 6.26 Å². The number of carbonyl (C=O) groups is 3. The van der Waals surface area contributed by atoms with Crippen LogP contribution in [-0.2, 0) is 0 Å². The van der Waals surface area contributed by atoms with Gasteiger partial charge in [0.2, 0.25) is 0 Å². The van der Waals surface area contributed by atoms with E-state index >= 15 is 0 Å². The summed E-state index contributed by atoms with van der Waals surface area (Å²) in [7, 11) is 0. The van der Waals surface area contributed by atoms with Crippen molar-refractivity contribution < 1.29 is 19.5 Å². The number of hydrogen-bond acceptors (Lipinski definition) is 4. The van der Waals surface area contributed by atoms with Crippen LogP contribution in [0.25, 0.3) is 0 Å². The number of carbonyl (C=O) groups excluding carboxylic acids is 2. The van der Waals surface area contributed by atoms with E-state index in [-0.39, 0.29) is 18.4 Å². The molecule has 1 aliphatic heterocycles. The van der Waals surface area contributed by atoms with Crippen molar-refractivity contribution in [2.75, 3.05) is 18.6 Å². The third kappa shape index (κ3) is 3.36. The average molecular weight is 308 g/mol. The van der Waals surface area contributed by atoms with Crippen LogP contribution in [0.3, 0.4) is 0 Å². The van der Waals surface area contributed by atoms with E-state index in [1.165, 1.54) is 0 Å². The second-order valence-corrected chi connectivity index (χ2v) is 5.68. The molecule has 1 aromatic carbocycles. The zero-order valence-electron chi connectivity index (χ0n) is 11.5. The van der Waals surface area contributed by atoms with Crippen molar-refractivity contribution >= 4 is 29.7 Å². The molecular formula is C14H16N2O4S. The summed E-state index contributed by atoms with van der Waals surface area (Å²) >= 11 is 1.58. The standard InChI is InChI=1S/C14H16N2O4S/c1-21-7-6-9(15-14(19)20)8-16-12(17)10-4-2-3-5-11(10)13(16)18/h2-5,9,15H,6-8H2,1H3,(H,19,20). The lowest BCUT2D eigenvalue weighted by Crippen LogP contribution is -2.45. The highest BCUT2D eigenvalue weighted by molar-refractivity contribution is 7.98. The lowest BCUT2D eigenvalue weighted by atomic mass is 10.1. The highest BCUT2D eigenvalue weighted by atomic mass is 32.2. The topological polar surface area (TPSA) is 86.7 Å². The van der Waals surface area contributed by atoms with Crippen molar-refractivity contribution in [1.29, 1.82) is 0 Å². The molecule has 0 fully saturated rings. The summed E-state index contributed by atoms with van der Waals surface area (Å²) in [6.45, 7) is 0.0548. The van der Waals surface area contributed by atoms with Gasteiger partial charge in [0.05, 0.1) is 17.2 Å². The number of thioether (sulfide) groups is 1. The molecule has 1 aromatic rings. The van der Waals surface area contributed by atoms with Gasteiger partial charge in [0, 0.05) is 6.54 Å². The SMILES string of the molecule is CSCCC(CN1C(=O)c2ccccc2C1=O)NC(=O)O. The molecule has 0 radical (unpaired) electrons. The summed E-state index contributed by atoms with van der Waals surface area (Å²) in [6, 6.07) is 6.16. The van der Waals surface area contributed by atoms with Gasteiger partial charge in [-0.05, 0) is 30.6 Å². The molecule has 21 heavy (non-hydrogen) atoms. The van der Waals surface area contributed by atoms with E-state index in [0.717, 1.165) is 10.7 Å². The van der Waals surface area contributed by atoms with Crippen LogP contribution < -0.4 is 5.32 Å². The quantitative estimate of drug-likeness (QED) is 0.781. The van der Waals surface area contributed by atoms with Crippen molar-refractivity contribution in [3.05, 3.63) is 35.4 Å². The molecule has 1 unspecified atom stereocenters. The molecule has 0 saturated heterocycles. The fraction of sp³-hybridized carbons (Fsp3) is 0.357. The highest BCUT2D eigenvalue weighted by Crippen LogP contribution is 2.22. The third-order valence-corrected chi connectivity index (χ3v) is 3.92. The van der Waals surface area contributed by atoms with Crippen LogP contribution in [0, 0.1) is 0 Å². The molecule has 1 heterocycles. The number of hydrogen-bond donors (Lipinski definition) is 2. The molecule has 0 aliphatic carbocycles. The predicted molar refractivity (Wildman–Crippen MR) is 79.8 cm³/mol. The second-order valence-electron chi connectivity index (χ2n) is 4.69. The Hall–Kier alpha value is -2.02. The van der Waals surface area contributed by atoms with Crippen molar-refractivity contribution in [2.45, 2.75) is 12.5 Å². The van der Waals surface area contributed by atoms with E-state index in [4.69, 9.17) is 5.11 Å². The molecule has 1 aliphatic rings. The monoisotopic (exact) mass is 308 g/mol. The third-order valence-electron chi connectivity index (χ3n) is 3.28. The van der Waals surface area contributed by atoms with Gasteiger partial charge < -0.3 is 10.4 Å². The zero-order chi connectivity index (χ0) is 15.4. The van der Waals surface area contributed by atoms with Crippen LogP contribution in [0.5, 0.6) is 0 Å². The van der Waals surface area contributed by atoms with E-state index in [9.17, 15) is 14.4 Å². The van der Waals surface area contributed by atoms with Crippen LogP contribution in [-0.4, -0.2) is 52.5 Å². The number of amides is 3. The van der Waals surface area contributed by atoms with Gasteiger partial charge in [-0.25, -0.2) is 4.79 Å². The van der Waals surface area contributed by atoms with Gasteiger partial charge >= 0.3 is 6.09 Å². The minimum absolute atomic E-state index is 0.0548. The first-order chi connectivity index (χ1) is 10.0. The number of fused-ring (bicyclic) bond motifs is 1. The summed E-state index contributed by atoms with van der Waals surface area (Å²) < 4.78 is 0. The molecule has 0 bridgehead atoms. The first kappa shape index (κ1) is 15.4. The minimum atomic E-state index is -1.15. The fourth-order valence-corrected chi connectivity index (χ4v) is 2.79. The summed E-state index contributed by atoms with van der Waals surface area (Å²) in [5.41, 5.74) is 0.753. The summed E-state index contributed by atoms with van der Waals surface area (Å²) in [4.78, 5) is 36.4. The van der Waals surface area contributed by atoms with Crippen LogP contribution in [0.4, 0.5) is 4.79 Å². The van der Waals surface area contributed by atoms with Gasteiger partial charge in [-0.15, -0.1) is 0 Å².